The number of nitrogens with zero attached hydrogens (tertiary/aromatic N) is 1. The summed E-state index contributed by atoms with van der Waals surface area (Å²) >= 11 is 0. The molecule has 2 aliphatic heterocycles. The average Bonchev–Trinajstić information content (AvgIpc) is 3.05. The molecule has 0 unspecified atom stereocenters. The number of urea groups is 1. The second-order valence-electron chi connectivity index (χ2n) is 6.25. The van der Waals surface area contributed by atoms with Gasteiger partial charge in [-0.05, 0) is 43.4 Å². The SMILES string of the molecule is CS(=O)(=O)N1CCCc2ccc(NC(=O)NC[C@@H]3CCCO3)cc21. The first-order chi connectivity index (χ1) is 11.4. The molecule has 1 atom stereocenters. The average molecular weight is 353 g/mol. The summed E-state index contributed by atoms with van der Waals surface area (Å²) in [7, 11) is -3.32. The number of aryl methyl sites for hydroxylation is 1. The number of amides is 2. The van der Waals surface area contributed by atoms with E-state index in [1.54, 1.807) is 12.1 Å². The van der Waals surface area contributed by atoms with Crippen molar-refractivity contribution in [1.82, 2.24) is 5.32 Å². The van der Waals surface area contributed by atoms with Gasteiger partial charge in [0.05, 0.1) is 18.0 Å². The molecule has 1 fully saturated rings. The Morgan fingerprint density at radius 1 is 1.38 bits per heavy atom. The van der Waals surface area contributed by atoms with Crippen LogP contribution in [0.25, 0.3) is 0 Å². The monoisotopic (exact) mass is 353 g/mol. The number of carbonyl (C=O) groups excluding carboxylic acids is 1. The highest BCUT2D eigenvalue weighted by atomic mass is 32.2. The van der Waals surface area contributed by atoms with Gasteiger partial charge in [-0.3, -0.25) is 4.31 Å². The van der Waals surface area contributed by atoms with Crippen LogP contribution in [0.3, 0.4) is 0 Å². The number of anilines is 2. The molecule has 0 saturated carbocycles. The van der Waals surface area contributed by atoms with Gasteiger partial charge in [-0.1, -0.05) is 6.07 Å². The number of hydrogen-bond donors (Lipinski definition) is 2. The number of rotatable bonds is 4. The van der Waals surface area contributed by atoms with E-state index < -0.39 is 10.0 Å². The number of fused-ring (bicyclic) bond motifs is 1. The van der Waals surface area contributed by atoms with Crippen LogP contribution in [0.1, 0.15) is 24.8 Å². The quantitative estimate of drug-likeness (QED) is 0.862. The van der Waals surface area contributed by atoms with E-state index in [4.69, 9.17) is 4.74 Å². The Hall–Kier alpha value is -1.80. The Morgan fingerprint density at radius 3 is 2.92 bits per heavy atom. The minimum Gasteiger partial charge on any atom is -0.376 e. The summed E-state index contributed by atoms with van der Waals surface area (Å²) in [6.07, 6.45) is 4.92. The fourth-order valence-corrected chi connectivity index (χ4v) is 4.14. The minimum absolute atomic E-state index is 0.0833. The number of nitrogens with one attached hydrogen (secondary N) is 2. The Labute approximate surface area is 142 Å². The van der Waals surface area contributed by atoms with Crippen LogP contribution in [0.15, 0.2) is 18.2 Å². The maximum atomic E-state index is 12.0. The maximum Gasteiger partial charge on any atom is 0.319 e. The lowest BCUT2D eigenvalue weighted by molar-refractivity contribution is 0.112. The molecule has 24 heavy (non-hydrogen) atoms. The Balaban J connectivity index is 1.67. The number of ether oxygens (including phenoxy) is 1. The summed E-state index contributed by atoms with van der Waals surface area (Å²) in [6, 6.07) is 5.09. The molecule has 0 bridgehead atoms. The predicted molar refractivity (Wildman–Crippen MR) is 92.9 cm³/mol. The van der Waals surface area contributed by atoms with Crippen LogP contribution in [0.4, 0.5) is 16.2 Å². The largest absolute Gasteiger partial charge is 0.376 e. The van der Waals surface area contributed by atoms with E-state index >= 15 is 0 Å². The van der Waals surface area contributed by atoms with Crippen molar-refractivity contribution in [3.63, 3.8) is 0 Å². The molecule has 0 aromatic heterocycles. The first-order valence-corrected chi connectivity index (χ1v) is 10.1. The van der Waals surface area contributed by atoms with Crippen molar-refractivity contribution in [2.75, 3.05) is 35.6 Å². The molecule has 0 spiro atoms. The van der Waals surface area contributed by atoms with Crippen LogP contribution in [0, 0.1) is 0 Å². The lowest BCUT2D eigenvalue weighted by Gasteiger charge is -2.29. The van der Waals surface area contributed by atoms with Gasteiger partial charge in [0.25, 0.3) is 0 Å². The van der Waals surface area contributed by atoms with Crippen molar-refractivity contribution in [1.29, 1.82) is 0 Å². The van der Waals surface area contributed by atoms with E-state index in [1.165, 1.54) is 10.6 Å². The lowest BCUT2D eigenvalue weighted by atomic mass is 10.0. The summed E-state index contributed by atoms with van der Waals surface area (Å²) in [5.74, 6) is 0. The van der Waals surface area contributed by atoms with Gasteiger partial charge >= 0.3 is 6.03 Å². The molecule has 8 heteroatoms. The number of sulfonamides is 1. The van der Waals surface area contributed by atoms with Crippen molar-refractivity contribution in [3.05, 3.63) is 23.8 Å². The van der Waals surface area contributed by atoms with Crippen LogP contribution in [-0.4, -0.2) is 46.5 Å². The van der Waals surface area contributed by atoms with Crippen LogP contribution in [-0.2, 0) is 21.2 Å². The van der Waals surface area contributed by atoms with Gasteiger partial charge in [-0.2, -0.15) is 0 Å². The summed E-state index contributed by atoms with van der Waals surface area (Å²) in [5, 5.41) is 5.55. The van der Waals surface area contributed by atoms with Gasteiger partial charge in [-0.25, -0.2) is 13.2 Å². The highest BCUT2D eigenvalue weighted by Crippen LogP contribution is 2.31. The third-order valence-electron chi connectivity index (χ3n) is 4.33. The third-order valence-corrected chi connectivity index (χ3v) is 5.51. The lowest BCUT2D eigenvalue weighted by Crippen LogP contribution is -2.36. The van der Waals surface area contributed by atoms with E-state index in [-0.39, 0.29) is 12.1 Å². The Kier molecular flexibility index (Phi) is 4.96. The molecule has 1 aromatic carbocycles. The van der Waals surface area contributed by atoms with E-state index in [2.05, 4.69) is 10.6 Å². The maximum absolute atomic E-state index is 12.0. The second-order valence-corrected chi connectivity index (χ2v) is 8.16. The van der Waals surface area contributed by atoms with Crippen LogP contribution in [0.5, 0.6) is 0 Å². The van der Waals surface area contributed by atoms with Crippen molar-refractivity contribution in [2.45, 2.75) is 31.8 Å². The topological polar surface area (TPSA) is 87.7 Å². The molecule has 2 N–H and O–H groups in total. The van der Waals surface area contributed by atoms with Gasteiger partial charge in [-0.15, -0.1) is 0 Å². The molecule has 2 heterocycles. The van der Waals surface area contributed by atoms with E-state index in [1.807, 2.05) is 6.07 Å². The van der Waals surface area contributed by atoms with Crippen molar-refractivity contribution in [3.8, 4) is 0 Å². The first kappa shape index (κ1) is 17.0. The zero-order valence-electron chi connectivity index (χ0n) is 13.7. The van der Waals surface area contributed by atoms with E-state index in [0.717, 1.165) is 37.9 Å². The van der Waals surface area contributed by atoms with Crippen LogP contribution >= 0.6 is 0 Å². The number of hydrogen-bond acceptors (Lipinski definition) is 4. The van der Waals surface area contributed by atoms with Crippen molar-refractivity contribution in [2.24, 2.45) is 0 Å². The second kappa shape index (κ2) is 6.98. The fourth-order valence-electron chi connectivity index (χ4n) is 3.15. The molecule has 132 valence electrons. The summed E-state index contributed by atoms with van der Waals surface area (Å²) in [6.45, 7) is 1.70. The molecule has 2 aliphatic rings. The number of benzene rings is 1. The summed E-state index contributed by atoms with van der Waals surface area (Å²) in [5.41, 5.74) is 2.21. The zero-order valence-corrected chi connectivity index (χ0v) is 14.6. The summed E-state index contributed by atoms with van der Waals surface area (Å²) < 4.78 is 30.8. The summed E-state index contributed by atoms with van der Waals surface area (Å²) in [4.78, 5) is 12.0. The normalized spacial score (nSPS) is 20.5. The molecular weight excluding hydrogens is 330 g/mol. The van der Waals surface area contributed by atoms with Crippen molar-refractivity contribution >= 4 is 27.4 Å². The molecule has 0 aliphatic carbocycles. The third kappa shape index (κ3) is 3.99. The molecule has 1 aromatic rings. The molecule has 1 saturated heterocycles. The van der Waals surface area contributed by atoms with Crippen molar-refractivity contribution < 1.29 is 17.9 Å². The fraction of sp³-hybridized carbons (Fsp3) is 0.562. The Morgan fingerprint density at radius 2 is 2.21 bits per heavy atom. The Bertz CT molecular complexity index is 714. The minimum atomic E-state index is -3.32. The predicted octanol–water partition coefficient (Wildman–Crippen LogP) is 1.70. The van der Waals surface area contributed by atoms with Gasteiger partial charge < -0.3 is 15.4 Å². The molecule has 0 radical (unpaired) electrons. The van der Waals surface area contributed by atoms with Gasteiger partial charge in [0.1, 0.15) is 0 Å². The highest BCUT2D eigenvalue weighted by molar-refractivity contribution is 7.92. The first-order valence-electron chi connectivity index (χ1n) is 8.20. The molecule has 2 amide bonds. The van der Waals surface area contributed by atoms with E-state index in [9.17, 15) is 13.2 Å². The van der Waals surface area contributed by atoms with Crippen LogP contribution < -0.4 is 14.9 Å². The number of carbonyl (C=O) groups is 1. The van der Waals surface area contributed by atoms with Gasteiger partial charge in [0.15, 0.2) is 0 Å². The smallest absolute Gasteiger partial charge is 0.319 e. The standard InChI is InChI=1S/C16H23N3O4S/c1-24(21,22)19-8-2-4-12-6-7-13(10-15(12)19)18-16(20)17-11-14-5-3-9-23-14/h6-7,10,14H,2-5,8-9,11H2,1H3,(H2,17,18,20)/t14-/m0/s1. The van der Waals surface area contributed by atoms with Gasteiger partial charge in [0.2, 0.25) is 10.0 Å². The van der Waals surface area contributed by atoms with Gasteiger partial charge in [0, 0.05) is 25.4 Å². The zero-order chi connectivity index (χ0) is 17.2. The van der Waals surface area contributed by atoms with Crippen LogP contribution in [0.2, 0.25) is 0 Å². The molecule has 7 nitrogen and oxygen atoms in total. The molecule has 3 rings (SSSR count). The van der Waals surface area contributed by atoms with E-state index in [0.29, 0.717) is 24.5 Å². The highest BCUT2D eigenvalue weighted by Gasteiger charge is 2.24. The molecular formula is C16H23N3O4S.